The zero-order chi connectivity index (χ0) is 20.4. The van der Waals surface area contributed by atoms with Crippen molar-refractivity contribution in [2.45, 2.75) is 46.8 Å². The maximum absolute atomic E-state index is 6.11. The summed E-state index contributed by atoms with van der Waals surface area (Å²) in [6, 6.07) is 6.39. The highest BCUT2D eigenvalue weighted by Crippen LogP contribution is 2.22. The number of piperazine rings is 1. The van der Waals surface area contributed by atoms with Gasteiger partial charge in [-0.25, -0.2) is 0 Å². The molecule has 0 amide bonds. The van der Waals surface area contributed by atoms with E-state index in [1.54, 1.807) is 0 Å². The van der Waals surface area contributed by atoms with Crippen molar-refractivity contribution >= 4 is 5.96 Å². The first kappa shape index (κ1) is 22.5. The number of benzene rings is 1. The van der Waals surface area contributed by atoms with Crippen LogP contribution < -0.4 is 15.4 Å². The molecule has 0 radical (unpaired) electrons. The van der Waals surface area contributed by atoms with Crippen LogP contribution in [0, 0.1) is 6.92 Å². The van der Waals surface area contributed by atoms with Gasteiger partial charge in [-0.2, -0.15) is 0 Å². The molecule has 0 aliphatic carbocycles. The van der Waals surface area contributed by atoms with Gasteiger partial charge in [-0.1, -0.05) is 26.0 Å². The van der Waals surface area contributed by atoms with Crippen molar-refractivity contribution in [3.05, 3.63) is 29.3 Å². The van der Waals surface area contributed by atoms with E-state index in [-0.39, 0.29) is 6.10 Å². The largest absolute Gasteiger partial charge is 0.490 e. The van der Waals surface area contributed by atoms with Crippen molar-refractivity contribution in [1.82, 2.24) is 20.4 Å². The van der Waals surface area contributed by atoms with E-state index in [9.17, 15) is 0 Å². The number of nitrogens with one attached hydrogen (secondary N) is 2. The topological polar surface area (TPSA) is 52.1 Å². The molecule has 1 aliphatic rings. The number of rotatable bonds is 9. The highest BCUT2D eigenvalue weighted by molar-refractivity contribution is 5.79. The highest BCUT2D eigenvalue weighted by Gasteiger charge is 2.15. The quantitative estimate of drug-likeness (QED) is 0.502. The number of aryl methyl sites for hydroxylation is 1. The molecule has 1 heterocycles. The maximum atomic E-state index is 6.11. The Morgan fingerprint density at radius 3 is 2.50 bits per heavy atom. The summed E-state index contributed by atoms with van der Waals surface area (Å²) in [4.78, 5) is 9.39. The molecule has 6 heteroatoms. The predicted molar refractivity (Wildman–Crippen MR) is 118 cm³/mol. The summed E-state index contributed by atoms with van der Waals surface area (Å²) < 4.78 is 6.11. The van der Waals surface area contributed by atoms with Gasteiger partial charge in [0.2, 0.25) is 0 Å². The summed E-state index contributed by atoms with van der Waals surface area (Å²) in [5.74, 6) is 1.80. The molecule has 1 aliphatic heterocycles. The maximum Gasteiger partial charge on any atom is 0.191 e. The zero-order valence-electron chi connectivity index (χ0n) is 18.4. The summed E-state index contributed by atoms with van der Waals surface area (Å²) in [6.07, 6.45) is 1.21. The molecule has 1 aromatic carbocycles. The van der Waals surface area contributed by atoms with Gasteiger partial charge in [0.25, 0.3) is 0 Å². The number of guanidine groups is 1. The number of hydrogen-bond donors (Lipinski definition) is 2. The van der Waals surface area contributed by atoms with Gasteiger partial charge in [-0.15, -0.1) is 0 Å². The van der Waals surface area contributed by atoms with Crippen molar-refractivity contribution in [3.63, 3.8) is 0 Å². The molecule has 2 rings (SSSR count). The molecular formula is C22H39N5O. The van der Waals surface area contributed by atoms with E-state index in [1.165, 1.54) is 18.7 Å². The first-order valence-corrected chi connectivity index (χ1v) is 10.7. The number of nitrogens with zero attached hydrogens (tertiary/aromatic N) is 3. The third-order valence-electron chi connectivity index (χ3n) is 5.43. The molecular weight excluding hydrogens is 350 g/mol. The normalized spacial score (nSPS) is 17.4. The van der Waals surface area contributed by atoms with Crippen molar-refractivity contribution < 1.29 is 4.74 Å². The number of ether oxygens (including phenoxy) is 1. The van der Waals surface area contributed by atoms with E-state index in [0.29, 0.717) is 6.54 Å². The number of likely N-dealkylation sites (N-methyl/N-ethyl adjacent to an activating group) is 1. The van der Waals surface area contributed by atoms with Crippen LogP contribution in [-0.2, 0) is 6.54 Å². The molecule has 1 saturated heterocycles. The molecule has 0 spiro atoms. The lowest BCUT2D eigenvalue weighted by Gasteiger charge is -2.34. The fourth-order valence-electron chi connectivity index (χ4n) is 3.28. The Hall–Kier alpha value is -1.79. The molecule has 0 bridgehead atoms. The van der Waals surface area contributed by atoms with Gasteiger partial charge in [0.1, 0.15) is 5.75 Å². The van der Waals surface area contributed by atoms with Crippen LogP contribution in [-0.4, -0.2) is 74.7 Å². The van der Waals surface area contributed by atoms with Crippen LogP contribution in [0.25, 0.3) is 0 Å². The Balaban J connectivity index is 1.79. The summed E-state index contributed by atoms with van der Waals surface area (Å²) >= 11 is 0. The van der Waals surface area contributed by atoms with Crippen LogP contribution in [0.5, 0.6) is 5.75 Å². The number of hydrogen-bond acceptors (Lipinski definition) is 4. The smallest absolute Gasteiger partial charge is 0.191 e. The lowest BCUT2D eigenvalue weighted by molar-refractivity contribution is 0.139. The fraction of sp³-hybridized carbons (Fsp3) is 0.682. The molecule has 158 valence electrons. The summed E-state index contributed by atoms with van der Waals surface area (Å²) in [7, 11) is 1.82. The predicted octanol–water partition coefficient (Wildman–Crippen LogP) is 2.47. The molecule has 28 heavy (non-hydrogen) atoms. The second-order valence-corrected chi connectivity index (χ2v) is 7.58. The summed E-state index contributed by atoms with van der Waals surface area (Å²) in [5, 5.41) is 6.86. The van der Waals surface area contributed by atoms with Crippen molar-refractivity contribution in [2.75, 3.05) is 52.9 Å². The van der Waals surface area contributed by atoms with E-state index in [2.05, 4.69) is 71.3 Å². The highest BCUT2D eigenvalue weighted by atomic mass is 16.5. The Morgan fingerprint density at radius 2 is 1.86 bits per heavy atom. The van der Waals surface area contributed by atoms with Gasteiger partial charge >= 0.3 is 0 Å². The third-order valence-corrected chi connectivity index (χ3v) is 5.43. The molecule has 1 aromatic rings. The minimum atomic E-state index is 0.214. The van der Waals surface area contributed by atoms with Crippen LogP contribution in [0.3, 0.4) is 0 Å². The molecule has 1 atom stereocenters. The van der Waals surface area contributed by atoms with Crippen LogP contribution in [0.15, 0.2) is 23.2 Å². The van der Waals surface area contributed by atoms with E-state index < -0.39 is 0 Å². The zero-order valence-corrected chi connectivity index (χ0v) is 18.4. The van der Waals surface area contributed by atoms with Crippen LogP contribution in [0.2, 0.25) is 0 Å². The molecule has 1 unspecified atom stereocenters. The van der Waals surface area contributed by atoms with E-state index >= 15 is 0 Å². The standard InChI is InChI=1S/C22H39N5O/c1-6-19(4)28-21-16-18(3)8-9-20(21)17-25-22(23-5)24-10-11-27-14-12-26(7-2)13-15-27/h8-9,16,19H,6-7,10-15,17H2,1-5H3,(H2,23,24,25). The van der Waals surface area contributed by atoms with E-state index in [0.717, 1.165) is 56.4 Å². The van der Waals surface area contributed by atoms with E-state index in [1.807, 2.05) is 7.05 Å². The molecule has 1 fully saturated rings. The Labute approximate surface area is 171 Å². The van der Waals surface area contributed by atoms with Crippen molar-refractivity contribution in [3.8, 4) is 5.75 Å². The first-order chi connectivity index (χ1) is 13.5. The Kier molecular flexibility index (Phi) is 9.58. The molecule has 0 saturated carbocycles. The number of aliphatic imine (C=N–C) groups is 1. The average molecular weight is 390 g/mol. The van der Waals surface area contributed by atoms with Gasteiger partial charge in [0.05, 0.1) is 6.10 Å². The van der Waals surface area contributed by atoms with Crippen LogP contribution in [0.1, 0.15) is 38.3 Å². The van der Waals surface area contributed by atoms with Gasteiger partial charge in [-0.3, -0.25) is 9.89 Å². The van der Waals surface area contributed by atoms with Crippen molar-refractivity contribution in [1.29, 1.82) is 0 Å². The minimum absolute atomic E-state index is 0.214. The second-order valence-electron chi connectivity index (χ2n) is 7.58. The van der Waals surface area contributed by atoms with Crippen LogP contribution in [0.4, 0.5) is 0 Å². The molecule has 0 aromatic heterocycles. The van der Waals surface area contributed by atoms with Gasteiger partial charge < -0.3 is 20.3 Å². The van der Waals surface area contributed by atoms with Gasteiger partial charge in [0.15, 0.2) is 5.96 Å². The van der Waals surface area contributed by atoms with Gasteiger partial charge in [-0.05, 0) is 38.4 Å². The Bertz CT molecular complexity index is 611. The lowest BCUT2D eigenvalue weighted by atomic mass is 10.1. The first-order valence-electron chi connectivity index (χ1n) is 10.7. The van der Waals surface area contributed by atoms with E-state index in [4.69, 9.17) is 4.74 Å². The molecule has 2 N–H and O–H groups in total. The summed E-state index contributed by atoms with van der Waals surface area (Å²) in [5.41, 5.74) is 2.37. The lowest BCUT2D eigenvalue weighted by Crippen LogP contribution is -2.49. The molecule has 6 nitrogen and oxygen atoms in total. The van der Waals surface area contributed by atoms with Crippen LogP contribution >= 0.6 is 0 Å². The monoisotopic (exact) mass is 389 g/mol. The summed E-state index contributed by atoms with van der Waals surface area (Å²) in [6.45, 7) is 17.1. The minimum Gasteiger partial charge on any atom is -0.490 e. The van der Waals surface area contributed by atoms with Gasteiger partial charge in [0, 0.05) is 58.4 Å². The second kappa shape index (κ2) is 11.9. The SMILES string of the molecule is CCC(C)Oc1cc(C)ccc1CNC(=NC)NCCN1CCN(CC)CC1. The average Bonchev–Trinajstić information content (AvgIpc) is 2.72. The Morgan fingerprint density at radius 1 is 1.14 bits per heavy atom. The fourth-order valence-corrected chi connectivity index (χ4v) is 3.28. The third kappa shape index (κ3) is 7.32. The van der Waals surface area contributed by atoms with Crippen molar-refractivity contribution in [2.24, 2.45) is 4.99 Å².